The van der Waals surface area contributed by atoms with Gasteiger partial charge in [-0.25, -0.2) is 8.42 Å². The summed E-state index contributed by atoms with van der Waals surface area (Å²) in [6.45, 7) is 5.10. The molecular weight excluding hydrogens is 505 g/mol. The second-order valence-corrected chi connectivity index (χ2v) is 11.1. The summed E-state index contributed by atoms with van der Waals surface area (Å²) in [6, 6.07) is 13.6. The molecule has 0 saturated carbocycles. The van der Waals surface area contributed by atoms with Crippen molar-refractivity contribution in [3.05, 3.63) is 88.0 Å². The Morgan fingerprint density at radius 3 is 2.30 bits per heavy atom. The lowest BCUT2D eigenvalue weighted by atomic mass is 10.1. The predicted octanol–water partition coefficient (Wildman–Crippen LogP) is 5.47. The minimum atomic E-state index is -4.45. The average molecular weight is 533 g/mol. The van der Waals surface area contributed by atoms with Crippen LogP contribution < -0.4 is 9.21 Å². The normalized spacial score (nSPS) is 13.5. The van der Waals surface area contributed by atoms with Crippen LogP contribution in [-0.2, 0) is 34.0 Å². The van der Waals surface area contributed by atoms with Gasteiger partial charge in [-0.2, -0.15) is 13.2 Å². The molecule has 0 amide bonds. The molecule has 1 N–H and O–H groups in total. The van der Waals surface area contributed by atoms with Crippen molar-refractivity contribution in [2.24, 2.45) is 0 Å². The third kappa shape index (κ3) is 5.29. The van der Waals surface area contributed by atoms with Gasteiger partial charge in [0.15, 0.2) is 0 Å². The van der Waals surface area contributed by atoms with E-state index in [1.54, 1.807) is 50.2 Å². The summed E-state index contributed by atoms with van der Waals surface area (Å²) in [4.78, 5) is 13.7. The van der Waals surface area contributed by atoms with E-state index in [0.29, 0.717) is 40.9 Å². The molecule has 37 heavy (non-hydrogen) atoms. The van der Waals surface area contributed by atoms with Crippen LogP contribution in [0.3, 0.4) is 0 Å². The van der Waals surface area contributed by atoms with Gasteiger partial charge in [0, 0.05) is 24.3 Å². The highest BCUT2D eigenvalue weighted by Crippen LogP contribution is 2.39. The highest BCUT2D eigenvalue weighted by atomic mass is 32.2. The van der Waals surface area contributed by atoms with Crippen LogP contribution in [0.15, 0.2) is 59.5 Å². The fourth-order valence-electron chi connectivity index (χ4n) is 5.05. The van der Waals surface area contributed by atoms with Gasteiger partial charge in [0.2, 0.25) is 0 Å². The first-order valence-corrected chi connectivity index (χ1v) is 13.1. The number of rotatable bonds is 7. The smallest absolute Gasteiger partial charge is 0.416 e. The molecule has 0 spiro atoms. The van der Waals surface area contributed by atoms with Crippen molar-refractivity contribution in [1.29, 1.82) is 0 Å². The summed E-state index contributed by atoms with van der Waals surface area (Å²) in [5, 5.41) is 9.62. The van der Waals surface area contributed by atoms with Gasteiger partial charge in [-0.3, -0.25) is 9.10 Å². The van der Waals surface area contributed by atoms with Crippen LogP contribution in [0.25, 0.3) is 0 Å². The molecule has 6 nitrogen and oxygen atoms in total. The number of alkyl halides is 3. The highest BCUT2D eigenvalue weighted by molar-refractivity contribution is 7.93. The van der Waals surface area contributed by atoms with Gasteiger partial charge in [0.25, 0.3) is 10.0 Å². The first kappa shape index (κ1) is 26.5. The van der Waals surface area contributed by atoms with Gasteiger partial charge in [0.1, 0.15) is 6.54 Å². The van der Waals surface area contributed by atoms with Gasteiger partial charge in [-0.1, -0.05) is 35.9 Å². The molecule has 0 aromatic heterocycles. The number of hydrogen-bond donors (Lipinski definition) is 1. The maximum absolute atomic E-state index is 13.9. The molecule has 1 aliphatic heterocycles. The van der Waals surface area contributed by atoms with E-state index in [1.807, 2.05) is 11.8 Å². The number of aliphatic carboxylic acids is 1. The number of anilines is 2. The summed E-state index contributed by atoms with van der Waals surface area (Å²) in [5.41, 5.74) is 3.22. The second kappa shape index (κ2) is 9.74. The van der Waals surface area contributed by atoms with Crippen LogP contribution >= 0.6 is 0 Å². The lowest BCUT2D eigenvalue weighted by Gasteiger charge is -2.27. The van der Waals surface area contributed by atoms with Crippen LogP contribution in [0.2, 0.25) is 0 Å². The van der Waals surface area contributed by atoms with E-state index >= 15 is 0 Å². The number of halogens is 3. The van der Waals surface area contributed by atoms with E-state index in [4.69, 9.17) is 0 Å². The molecule has 1 heterocycles. The number of carboxylic acids is 1. The van der Waals surface area contributed by atoms with E-state index in [-0.39, 0.29) is 17.1 Å². The molecule has 0 radical (unpaired) electrons. The zero-order valence-electron chi connectivity index (χ0n) is 20.6. The molecule has 0 unspecified atom stereocenters. The molecule has 4 rings (SSSR count). The Morgan fingerprint density at radius 2 is 1.68 bits per heavy atom. The molecule has 3 aromatic rings. The largest absolute Gasteiger partial charge is 0.480 e. The number of benzene rings is 3. The Hall–Kier alpha value is -3.53. The Kier molecular flexibility index (Phi) is 6.98. The monoisotopic (exact) mass is 532 g/mol. The fraction of sp³-hybridized carbons (Fsp3) is 0.296. The molecule has 0 aliphatic carbocycles. The van der Waals surface area contributed by atoms with Gasteiger partial charge in [-0.15, -0.1) is 0 Å². The summed E-state index contributed by atoms with van der Waals surface area (Å²) in [5.74, 6) is -1.30. The van der Waals surface area contributed by atoms with Crippen molar-refractivity contribution in [2.45, 2.75) is 44.8 Å². The zero-order valence-corrected chi connectivity index (χ0v) is 21.4. The molecule has 3 aromatic carbocycles. The number of fused-ring (bicyclic) bond motifs is 1. The van der Waals surface area contributed by atoms with Crippen LogP contribution in [0.1, 0.15) is 33.4 Å². The standard InChI is InChI=1S/C27H27F3N2O4S/c1-17-12-18(2)26(19(3)13-17)37(35,36)32(16-25(33)34)24-9-5-8-23-22(24)10-11-31(23)15-20-6-4-7-21(14-20)27(28,29)30/h4-9,12-14H,10-11,15-16H2,1-3H3,(H,33,34). The molecule has 10 heteroatoms. The Balaban J connectivity index is 1.75. The van der Waals surface area contributed by atoms with Crippen LogP contribution in [0.5, 0.6) is 0 Å². The van der Waals surface area contributed by atoms with E-state index in [0.717, 1.165) is 22.0 Å². The SMILES string of the molecule is Cc1cc(C)c(S(=O)(=O)N(CC(=O)O)c2cccc3c2CCN3Cc2cccc(C(F)(F)F)c2)c(C)c1. The number of carbonyl (C=O) groups is 1. The number of carboxylic acid groups (broad SMARTS) is 1. The zero-order chi connectivity index (χ0) is 27.1. The number of aryl methyl sites for hydroxylation is 3. The van der Waals surface area contributed by atoms with Gasteiger partial charge < -0.3 is 10.0 Å². The highest BCUT2D eigenvalue weighted by Gasteiger charge is 2.34. The third-order valence-corrected chi connectivity index (χ3v) is 8.49. The van der Waals surface area contributed by atoms with Crippen LogP contribution in [0, 0.1) is 20.8 Å². The molecule has 0 saturated heterocycles. The van der Waals surface area contributed by atoms with Crippen molar-refractivity contribution in [3.63, 3.8) is 0 Å². The quantitative estimate of drug-likeness (QED) is 0.437. The average Bonchev–Trinajstić information content (AvgIpc) is 3.19. The van der Waals surface area contributed by atoms with Crippen molar-refractivity contribution in [3.8, 4) is 0 Å². The Morgan fingerprint density at radius 1 is 1.03 bits per heavy atom. The van der Waals surface area contributed by atoms with Crippen molar-refractivity contribution >= 4 is 27.4 Å². The minimum absolute atomic E-state index is 0.0655. The molecule has 0 fully saturated rings. The van der Waals surface area contributed by atoms with Gasteiger partial charge in [0.05, 0.1) is 16.1 Å². The summed E-state index contributed by atoms with van der Waals surface area (Å²) < 4.78 is 68.2. The number of nitrogens with zero attached hydrogens (tertiary/aromatic N) is 2. The van der Waals surface area contributed by atoms with E-state index in [9.17, 15) is 31.5 Å². The van der Waals surface area contributed by atoms with Gasteiger partial charge in [-0.05, 0) is 68.1 Å². The second-order valence-electron chi connectivity index (χ2n) is 9.28. The van der Waals surface area contributed by atoms with Crippen molar-refractivity contribution in [1.82, 2.24) is 0 Å². The summed E-state index contributed by atoms with van der Waals surface area (Å²) in [7, 11) is -4.24. The predicted molar refractivity (Wildman–Crippen MR) is 135 cm³/mol. The van der Waals surface area contributed by atoms with Gasteiger partial charge >= 0.3 is 12.1 Å². The number of hydrogen-bond acceptors (Lipinski definition) is 4. The molecule has 0 bridgehead atoms. The minimum Gasteiger partial charge on any atom is -0.480 e. The lowest BCUT2D eigenvalue weighted by Crippen LogP contribution is -2.37. The maximum atomic E-state index is 13.9. The van der Waals surface area contributed by atoms with Crippen molar-refractivity contribution < 1.29 is 31.5 Å². The molecular formula is C27H27F3N2O4S. The summed E-state index contributed by atoms with van der Waals surface area (Å²) >= 11 is 0. The van der Waals surface area contributed by atoms with Crippen molar-refractivity contribution in [2.75, 3.05) is 22.3 Å². The van der Waals surface area contributed by atoms with E-state index < -0.39 is 34.3 Å². The lowest BCUT2D eigenvalue weighted by molar-refractivity contribution is -0.137. The van der Waals surface area contributed by atoms with E-state index in [1.165, 1.54) is 6.07 Å². The Labute approximate surface area is 214 Å². The van der Waals surface area contributed by atoms with Crippen LogP contribution in [0.4, 0.5) is 24.5 Å². The first-order chi connectivity index (χ1) is 17.3. The topological polar surface area (TPSA) is 77.9 Å². The number of sulfonamides is 1. The van der Waals surface area contributed by atoms with E-state index in [2.05, 4.69) is 0 Å². The first-order valence-electron chi connectivity index (χ1n) is 11.6. The summed E-state index contributed by atoms with van der Waals surface area (Å²) in [6.07, 6.45) is -4.04. The maximum Gasteiger partial charge on any atom is 0.416 e. The Bertz CT molecular complexity index is 1450. The molecule has 0 atom stereocenters. The molecule has 1 aliphatic rings. The fourth-order valence-corrected chi connectivity index (χ4v) is 6.92. The third-order valence-electron chi connectivity index (χ3n) is 6.43. The molecule has 196 valence electrons. The van der Waals surface area contributed by atoms with Crippen LogP contribution in [-0.4, -0.2) is 32.6 Å².